The normalized spacial score (nSPS) is 19.2. The minimum Gasteiger partial charge on any atom is -0.493 e. The third kappa shape index (κ3) is 6.63. The van der Waals surface area contributed by atoms with Crippen molar-refractivity contribution in [1.29, 1.82) is 0 Å². The number of hydrogen-bond acceptors (Lipinski definition) is 5. The Labute approximate surface area is 162 Å². The molecule has 2 N–H and O–H groups in total. The van der Waals surface area contributed by atoms with Crippen molar-refractivity contribution >= 4 is 11.9 Å². The number of nitrogens with one attached hydrogen (secondary N) is 2. The van der Waals surface area contributed by atoms with Crippen LogP contribution in [0.15, 0.2) is 18.2 Å². The van der Waals surface area contributed by atoms with Gasteiger partial charge in [0.1, 0.15) is 5.92 Å². The van der Waals surface area contributed by atoms with Crippen LogP contribution in [0.4, 0.5) is 8.78 Å². The molecule has 1 aromatic carbocycles. The van der Waals surface area contributed by atoms with Crippen LogP contribution in [0.5, 0.6) is 11.5 Å². The van der Waals surface area contributed by atoms with Crippen LogP contribution < -0.4 is 19.7 Å². The second-order valence-corrected chi connectivity index (χ2v) is 6.61. The summed E-state index contributed by atoms with van der Waals surface area (Å²) in [6.07, 6.45) is 1.66. The van der Waals surface area contributed by atoms with Gasteiger partial charge in [0.05, 0.1) is 26.8 Å². The molecule has 28 heavy (non-hydrogen) atoms. The summed E-state index contributed by atoms with van der Waals surface area (Å²) in [6.45, 7) is 1.11. The average Bonchev–Trinajstić information content (AvgIpc) is 2.67. The fraction of sp³-hybridized carbons (Fsp3) is 0.579. The molecule has 1 unspecified atom stereocenters. The first-order valence-electron chi connectivity index (χ1n) is 9.31. The number of hydrogen-bond donors (Lipinski definition) is 2. The third-order valence-corrected chi connectivity index (χ3v) is 4.58. The van der Waals surface area contributed by atoms with Crippen molar-refractivity contribution in [3.8, 4) is 11.5 Å². The molecule has 2 rings (SSSR count). The average molecular weight is 401 g/mol. The summed E-state index contributed by atoms with van der Waals surface area (Å²) in [6, 6.07) is 4.51. The minimum absolute atomic E-state index is 0.0599. The van der Waals surface area contributed by atoms with Gasteiger partial charge in [-0.2, -0.15) is 8.78 Å². The number of quaternary nitrogens is 1. The quantitative estimate of drug-likeness (QED) is 0.598. The van der Waals surface area contributed by atoms with E-state index in [0.29, 0.717) is 18.7 Å². The molecule has 0 radical (unpaired) electrons. The molecule has 156 valence electrons. The summed E-state index contributed by atoms with van der Waals surface area (Å²) < 4.78 is 39.2. The highest BCUT2D eigenvalue weighted by atomic mass is 19.3. The molecule has 1 fully saturated rings. The molecule has 1 aromatic rings. The lowest BCUT2D eigenvalue weighted by Crippen LogP contribution is -3.14. The van der Waals surface area contributed by atoms with E-state index in [0.717, 1.165) is 24.3 Å². The number of rotatable bonds is 9. The maximum absolute atomic E-state index is 12.4. The summed E-state index contributed by atoms with van der Waals surface area (Å²) in [4.78, 5) is 25.2. The first-order valence-corrected chi connectivity index (χ1v) is 9.31. The number of ether oxygens (including phenoxy) is 3. The van der Waals surface area contributed by atoms with Crippen LogP contribution in [0.25, 0.3) is 0 Å². The Morgan fingerprint density at radius 2 is 2.11 bits per heavy atom. The van der Waals surface area contributed by atoms with Crippen LogP contribution in [-0.2, 0) is 20.9 Å². The number of methoxy groups -OCH3 is 1. The van der Waals surface area contributed by atoms with Crippen LogP contribution in [0, 0.1) is 5.92 Å². The van der Waals surface area contributed by atoms with Crippen LogP contribution in [-0.4, -0.2) is 51.8 Å². The van der Waals surface area contributed by atoms with Gasteiger partial charge >= 0.3 is 12.6 Å². The zero-order valence-corrected chi connectivity index (χ0v) is 16.1. The molecule has 0 bridgehead atoms. The number of benzene rings is 1. The molecule has 1 aliphatic heterocycles. The first kappa shape index (κ1) is 21.9. The van der Waals surface area contributed by atoms with Crippen LogP contribution >= 0.6 is 0 Å². The third-order valence-electron chi connectivity index (χ3n) is 4.58. The standard InChI is InChI=1S/C19H26F2N2O5/c1-3-27-18(25)14-5-4-8-23(11-14)12-17(24)22-10-13-6-7-15(28-19(20)21)16(9-13)26-2/h6-7,9,14,19H,3-5,8,10-12H2,1-2H3,(H,22,24)/p+1/t14-/m1/s1. The molecule has 1 amide bonds. The predicted molar refractivity (Wildman–Crippen MR) is 96.4 cm³/mol. The van der Waals surface area contributed by atoms with Gasteiger partial charge in [0.25, 0.3) is 5.91 Å². The van der Waals surface area contributed by atoms with Gasteiger partial charge < -0.3 is 24.4 Å². The highest BCUT2D eigenvalue weighted by molar-refractivity contribution is 5.77. The van der Waals surface area contributed by atoms with Crippen molar-refractivity contribution in [3.05, 3.63) is 23.8 Å². The van der Waals surface area contributed by atoms with Crippen LogP contribution in [0.2, 0.25) is 0 Å². The Bertz CT molecular complexity index is 672. The van der Waals surface area contributed by atoms with Crippen molar-refractivity contribution < 1.29 is 37.5 Å². The number of carbonyl (C=O) groups excluding carboxylic acids is 2. The Morgan fingerprint density at radius 3 is 2.79 bits per heavy atom. The number of esters is 1. The van der Waals surface area contributed by atoms with E-state index in [1.165, 1.54) is 13.2 Å². The summed E-state index contributed by atoms with van der Waals surface area (Å²) >= 11 is 0. The number of likely N-dealkylation sites (tertiary alicyclic amines) is 1. The molecular weight excluding hydrogens is 374 g/mol. The Hall–Kier alpha value is -2.42. The van der Waals surface area contributed by atoms with Gasteiger partial charge in [0, 0.05) is 6.54 Å². The van der Waals surface area contributed by atoms with Crippen molar-refractivity contribution in [2.75, 3.05) is 33.4 Å². The van der Waals surface area contributed by atoms with Gasteiger partial charge in [-0.1, -0.05) is 6.07 Å². The first-order chi connectivity index (χ1) is 13.4. The van der Waals surface area contributed by atoms with E-state index in [4.69, 9.17) is 9.47 Å². The summed E-state index contributed by atoms with van der Waals surface area (Å²) in [5.41, 5.74) is 0.699. The van der Waals surface area contributed by atoms with E-state index >= 15 is 0 Å². The molecule has 0 spiro atoms. The van der Waals surface area contributed by atoms with Crippen LogP contribution in [0.1, 0.15) is 25.3 Å². The van der Waals surface area contributed by atoms with Gasteiger partial charge in [-0.15, -0.1) is 0 Å². The Morgan fingerprint density at radius 1 is 1.32 bits per heavy atom. The second kappa shape index (κ2) is 10.8. The number of carbonyl (C=O) groups is 2. The fourth-order valence-corrected chi connectivity index (χ4v) is 3.28. The van der Waals surface area contributed by atoms with E-state index < -0.39 is 6.61 Å². The molecule has 1 heterocycles. The fourth-order valence-electron chi connectivity index (χ4n) is 3.28. The second-order valence-electron chi connectivity index (χ2n) is 6.61. The highest BCUT2D eigenvalue weighted by Gasteiger charge is 2.30. The molecule has 1 saturated heterocycles. The summed E-state index contributed by atoms with van der Waals surface area (Å²) in [7, 11) is 1.36. The molecule has 0 saturated carbocycles. The van der Waals surface area contributed by atoms with E-state index in [1.807, 2.05) is 0 Å². The molecule has 7 nitrogen and oxygen atoms in total. The lowest BCUT2D eigenvalue weighted by atomic mass is 9.98. The zero-order valence-electron chi connectivity index (χ0n) is 16.1. The van der Waals surface area contributed by atoms with Crippen molar-refractivity contribution in [3.63, 3.8) is 0 Å². The van der Waals surface area contributed by atoms with Gasteiger partial charge in [-0.25, -0.2) is 0 Å². The lowest BCUT2D eigenvalue weighted by Gasteiger charge is -2.28. The number of halogens is 2. The Balaban J connectivity index is 1.84. The van der Waals surface area contributed by atoms with Crippen molar-refractivity contribution in [2.45, 2.75) is 32.9 Å². The molecule has 0 aliphatic carbocycles. The largest absolute Gasteiger partial charge is 0.493 e. The topological polar surface area (TPSA) is 78.3 Å². The SMILES string of the molecule is CCOC(=O)[C@@H]1CCC[NH+](CC(=O)NCc2ccc(OC(F)F)c(OC)c2)C1. The molecular formula is C19H27F2N2O5+. The van der Waals surface area contributed by atoms with Crippen molar-refractivity contribution in [1.82, 2.24) is 5.32 Å². The van der Waals surface area contributed by atoms with E-state index in [2.05, 4.69) is 10.1 Å². The van der Waals surface area contributed by atoms with Gasteiger partial charge in [-0.05, 0) is 37.5 Å². The zero-order chi connectivity index (χ0) is 20.5. The van der Waals surface area contributed by atoms with Crippen LogP contribution in [0.3, 0.4) is 0 Å². The summed E-state index contributed by atoms with van der Waals surface area (Å²) in [5, 5.41) is 2.81. The van der Waals surface area contributed by atoms with Gasteiger partial charge in [0.15, 0.2) is 18.0 Å². The molecule has 0 aromatic heterocycles. The van der Waals surface area contributed by atoms with Gasteiger partial charge in [0.2, 0.25) is 0 Å². The maximum Gasteiger partial charge on any atom is 0.387 e. The Kier molecular flexibility index (Phi) is 8.43. The number of piperidine rings is 1. The lowest BCUT2D eigenvalue weighted by molar-refractivity contribution is -0.899. The summed E-state index contributed by atoms with van der Waals surface area (Å²) in [5.74, 6) is -0.394. The number of amides is 1. The smallest absolute Gasteiger partial charge is 0.387 e. The molecule has 1 aliphatic rings. The van der Waals surface area contributed by atoms with E-state index in [9.17, 15) is 18.4 Å². The molecule has 2 atom stereocenters. The van der Waals surface area contributed by atoms with E-state index in [-0.39, 0.29) is 42.4 Å². The van der Waals surface area contributed by atoms with E-state index in [1.54, 1.807) is 19.1 Å². The monoisotopic (exact) mass is 401 g/mol. The van der Waals surface area contributed by atoms with Gasteiger partial charge in [-0.3, -0.25) is 9.59 Å². The maximum atomic E-state index is 12.4. The predicted octanol–water partition coefficient (Wildman–Crippen LogP) is 0.771. The van der Waals surface area contributed by atoms with Crippen molar-refractivity contribution in [2.24, 2.45) is 5.92 Å². The highest BCUT2D eigenvalue weighted by Crippen LogP contribution is 2.29. The minimum atomic E-state index is -2.94. The number of alkyl halides is 2. The molecule has 9 heteroatoms.